The quantitative estimate of drug-likeness (QED) is 0.853. The van der Waals surface area contributed by atoms with E-state index in [0.29, 0.717) is 12.6 Å². The number of hydrogen-bond donors (Lipinski definition) is 1. The first kappa shape index (κ1) is 14.1. The average Bonchev–Trinajstić information content (AvgIpc) is 2.24. The van der Waals surface area contributed by atoms with Gasteiger partial charge in [0.15, 0.2) is 0 Å². The van der Waals surface area contributed by atoms with Crippen molar-refractivity contribution >= 4 is 0 Å². The lowest BCUT2D eigenvalue weighted by molar-refractivity contribution is -0.0164. The van der Waals surface area contributed by atoms with E-state index >= 15 is 0 Å². The van der Waals surface area contributed by atoms with E-state index in [-0.39, 0.29) is 5.60 Å². The number of nitrogens with one attached hydrogen (secondary N) is 1. The predicted octanol–water partition coefficient (Wildman–Crippen LogP) is 2.89. The SMILES string of the molecule is CC(C)NCc1ccc(COC(C)(C)C)nc1. The Morgan fingerprint density at radius 1 is 1.29 bits per heavy atom. The number of ether oxygens (including phenoxy) is 1. The van der Waals surface area contributed by atoms with E-state index in [1.54, 1.807) is 0 Å². The smallest absolute Gasteiger partial charge is 0.0894 e. The van der Waals surface area contributed by atoms with Gasteiger partial charge in [-0.3, -0.25) is 4.98 Å². The average molecular weight is 236 g/mol. The summed E-state index contributed by atoms with van der Waals surface area (Å²) < 4.78 is 5.68. The van der Waals surface area contributed by atoms with Crippen LogP contribution in [0.25, 0.3) is 0 Å². The highest BCUT2D eigenvalue weighted by Gasteiger charge is 2.10. The Morgan fingerprint density at radius 2 is 2.00 bits per heavy atom. The van der Waals surface area contributed by atoms with Gasteiger partial charge in [-0.25, -0.2) is 0 Å². The zero-order valence-electron chi connectivity index (χ0n) is 11.6. The summed E-state index contributed by atoms with van der Waals surface area (Å²) in [5, 5.41) is 3.37. The number of hydrogen-bond acceptors (Lipinski definition) is 3. The molecule has 0 aliphatic carbocycles. The van der Waals surface area contributed by atoms with Crippen LogP contribution in [0.4, 0.5) is 0 Å². The van der Waals surface area contributed by atoms with Crippen LogP contribution >= 0.6 is 0 Å². The monoisotopic (exact) mass is 236 g/mol. The summed E-state index contributed by atoms with van der Waals surface area (Å²) in [4.78, 5) is 4.39. The molecule has 0 aliphatic heterocycles. The summed E-state index contributed by atoms with van der Waals surface area (Å²) in [6, 6.07) is 4.63. The summed E-state index contributed by atoms with van der Waals surface area (Å²) in [6.45, 7) is 11.9. The van der Waals surface area contributed by atoms with Crippen LogP contribution in [0.3, 0.4) is 0 Å². The zero-order chi connectivity index (χ0) is 12.9. The second kappa shape index (κ2) is 6.12. The number of rotatable bonds is 5. The summed E-state index contributed by atoms with van der Waals surface area (Å²) >= 11 is 0. The van der Waals surface area contributed by atoms with E-state index in [9.17, 15) is 0 Å². The van der Waals surface area contributed by atoms with Gasteiger partial charge in [0.05, 0.1) is 17.9 Å². The van der Waals surface area contributed by atoms with Gasteiger partial charge in [0.25, 0.3) is 0 Å². The zero-order valence-corrected chi connectivity index (χ0v) is 11.6. The molecule has 0 bridgehead atoms. The number of pyridine rings is 1. The van der Waals surface area contributed by atoms with E-state index in [2.05, 4.69) is 30.2 Å². The molecule has 0 spiro atoms. The highest BCUT2D eigenvalue weighted by Crippen LogP contribution is 2.10. The second-order valence-corrected chi connectivity index (χ2v) is 5.59. The van der Waals surface area contributed by atoms with Crippen LogP contribution in [0.15, 0.2) is 18.3 Å². The molecule has 0 saturated carbocycles. The minimum absolute atomic E-state index is 0.112. The molecule has 17 heavy (non-hydrogen) atoms. The van der Waals surface area contributed by atoms with Crippen molar-refractivity contribution in [2.45, 2.75) is 59.4 Å². The van der Waals surface area contributed by atoms with Crippen LogP contribution in [-0.2, 0) is 17.9 Å². The Labute approximate surface area is 105 Å². The normalized spacial score (nSPS) is 12.1. The van der Waals surface area contributed by atoms with Gasteiger partial charge >= 0.3 is 0 Å². The molecule has 0 amide bonds. The molecule has 1 rings (SSSR count). The second-order valence-electron chi connectivity index (χ2n) is 5.59. The molecule has 96 valence electrons. The van der Waals surface area contributed by atoms with Gasteiger partial charge in [-0.15, -0.1) is 0 Å². The van der Waals surface area contributed by atoms with Crippen molar-refractivity contribution in [1.82, 2.24) is 10.3 Å². The Balaban J connectivity index is 2.45. The van der Waals surface area contributed by atoms with E-state index in [4.69, 9.17) is 4.74 Å². The molecule has 0 aliphatic rings. The Morgan fingerprint density at radius 3 is 2.47 bits per heavy atom. The minimum Gasteiger partial charge on any atom is -0.370 e. The van der Waals surface area contributed by atoms with Gasteiger partial charge < -0.3 is 10.1 Å². The maximum Gasteiger partial charge on any atom is 0.0894 e. The first-order valence-corrected chi connectivity index (χ1v) is 6.18. The van der Waals surface area contributed by atoms with Gasteiger partial charge in [0, 0.05) is 18.8 Å². The molecule has 0 atom stereocenters. The summed E-state index contributed by atoms with van der Waals surface area (Å²) in [6.07, 6.45) is 1.91. The summed E-state index contributed by atoms with van der Waals surface area (Å²) in [5.41, 5.74) is 2.07. The van der Waals surface area contributed by atoms with Crippen molar-refractivity contribution in [3.05, 3.63) is 29.6 Å². The third kappa shape index (κ3) is 6.39. The maximum absolute atomic E-state index is 5.68. The maximum atomic E-state index is 5.68. The largest absolute Gasteiger partial charge is 0.370 e. The van der Waals surface area contributed by atoms with Crippen molar-refractivity contribution in [2.75, 3.05) is 0 Å². The Hall–Kier alpha value is -0.930. The molecular formula is C14H24N2O. The van der Waals surface area contributed by atoms with Gasteiger partial charge in [0.1, 0.15) is 0 Å². The van der Waals surface area contributed by atoms with Crippen LogP contribution in [-0.4, -0.2) is 16.6 Å². The van der Waals surface area contributed by atoms with Crippen molar-refractivity contribution in [3.63, 3.8) is 0 Å². The molecule has 1 heterocycles. The van der Waals surface area contributed by atoms with Crippen molar-refractivity contribution in [3.8, 4) is 0 Å². The third-order valence-corrected chi connectivity index (χ3v) is 2.25. The van der Waals surface area contributed by atoms with Crippen LogP contribution < -0.4 is 5.32 Å². The van der Waals surface area contributed by atoms with Gasteiger partial charge in [-0.2, -0.15) is 0 Å². The standard InChI is InChI=1S/C14H24N2O/c1-11(2)15-8-12-6-7-13(16-9-12)10-17-14(3,4)5/h6-7,9,11,15H,8,10H2,1-5H3. The van der Waals surface area contributed by atoms with Crippen molar-refractivity contribution in [1.29, 1.82) is 0 Å². The first-order valence-electron chi connectivity index (χ1n) is 6.18. The van der Waals surface area contributed by atoms with Crippen LogP contribution in [0, 0.1) is 0 Å². The molecule has 0 fully saturated rings. The van der Waals surface area contributed by atoms with Crippen LogP contribution in [0.2, 0.25) is 0 Å². The first-order chi connectivity index (χ1) is 7.87. The molecule has 1 N–H and O–H groups in total. The van der Waals surface area contributed by atoms with Crippen LogP contribution in [0.5, 0.6) is 0 Å². The lowest BCUT2D eigenvalue weighted by atomic mass is 10.2. The summed E-state index contributed by atoms with van der Waals surface area (Å²) in [7, 11) is 0. The van der Waals surface area contributed by atoms with Crippen molar-refractivity contribution in [2.24, 2.45) is 0 Å². The fourth-order valence-corrected chi connectivity index (χ4v) is 1.26. The van der Waals surface area contributed by atoms with Gasteiger partial charge in [-0.1, -0.05) is 19.9 Å². The van der Waals surface area contributed by atoms with Crippen molar-refractivity contribution < 1.29 is 4.74 Å². The van der Waals surface area contributed by atoms with E-state index in [1.165, 1.54) is 5.56 Å². The molecule has 0 aromatic carbocycles. The Bertz CT molecular complexity index is 325. The van der Waals surface area contributed by atoms with Gasteiger partial charge in [-0.05, 0) is 32.4 Å². The fraction of sp³-hybridized carbons (Fsp3) is 0.643. The molecular weight excluding hydrogens is 212 g/mol. The van der Waals surface area contributed by atoms with E-state index in [1.807, 2.05) is 33.0 Å². The Kier molecular flexibility index (Phi) is 5.09. The summed E-state index contributed by atoms with van der Waals surface area (Å²) in [5.74, 6) is 0. The highest BCUT2D eigenvalue weighted by atomic mass is 16.5. The molecule has 3 nitrogen and oxygen atoms in total. The molecule has 3 heteroatoms. The lowest BCUT2D eigenvalue weighted by Gasteiger charge is -2.19. The molecule has 0 unspecified atom stereocenters. The van der Waals surface area contributed by atoms with Crippen LogP contribution in [0.1, 0.15) is 45.9 Å². The topological polar surface area (TPSA) is 34.1 Å². The number of aromatic nitrogens is 1. The molecule has 0 saturated heterocycles. The fourth-order valence-electron chi connectivity index (χ4n) is 1.26. The third-order valence-electron chi connectivity index (χ3n) is 2.25. The molecule has 1 aromatic rings. The predicted molar refractivity (Wildman–Crippen MR) is 70.8 cm³/mol. The molecule has 0 radical (unpaired) electrons. The number of nitrogens with zero attached hydrogens (tertiary/aromatic N) is 1. The molecule has 1 aromatic heterocycles. The van der Waals surface area contributed by atoms with Gasteiger partial charge in [0.2, 0.25) is 0 Å². The highest BCUT2D eigenvalue weighted by molar-refractivity contribution is 5.13. The van der Waals surface area contributed by atoms with E-state index < -0.39 is 0 Å². The lowest BCUT2D eigenvalue weighted by Crippen LogP contribution is -2.22. The van der Waals surface area contributed by atoms with E-state index in [0.717, 1.165) is 12.2 Å². The minimum atomic E-state index is -0.112.